The van der Waals surface area contributed by atoms with E-state index in [2.05, 4.69) is 14.4 Å². The molecule has 106 valence electrons. The van der Waals surface area contributed by atoms with Gasteiger partial charge in [0.1, 0.15) is 0 Å². The zero-order valence-electron chi connectivity index (χ0n) is 10.3. The highest BCUT2D eigenvalue weighted by Gasteiger charge is 2.29. The quantitative estimate of drug-likeness (QED) is 0.809. The maximum atomic E-state index is 12.2. The van der Waals surface area contributed by atoms with Crippen LogP contribution in [0.15, 0.2) is 9.72 Å². The average molecular weight is 306 g/mol. The van der Waals surface area contributed by atoms with Crippen molar-refractivity contribution < 1.29 is 22.7 Å². The van der Waals surface area contributed by atoms with E-state index in [1.165, 1.54) is 12.6 Å². The molecule has 1 aliphatic heterocycles. The number of carbonyl (C=O) groups is 1. The third-order valence-corrected chi connectivity index (χ3v) is 5.53. The van der Waals surface area contributed by atoms with E-state index in [9.17, 15) is 13.2 Å². The summed E-state index contributed by atoms with van der Waals surface area (Å²) < 4.78 is 36.5. The fourth-order valence-electron chi connectivity index (χ4n) is 1.77. The van der Waals surface area contributed by atoms with Crippen LogP contribution in [0.25, 0.3) is 0 Å². The van der Waals surface area contributed by atoms with Gasteiger partial charge in [-0.1, -0.05) is 0 Å². The van der Waals surface area contributed by atoms with Gasteiger partial charge >= 0.3 is 5.97 Å². The first kappa shape index (κ1) is 14.4. The molecule has 1 N–H and O–H groups in total. The van der Waals surface area contributed by atoms with Crippen molar-refractivity contribution in [2.24, 2.45) is 0 Å². The van der Waals surface area contributed by atoms with Gasteiger partial charge in [-0.2, -0.15) is 0 Å². The number of esters is 1. The Morgan fingerprint density at radius 1 is 1.63 bits per heavy atom. The smallest absolute Gasteiger partial charge is 0.358 e. The molecule has 1 aromatic rings. The topological polar surface area (TPSA) is 94.6 Å². The number of sulfonamides is 1. The fourth-order valence-corrected chi connectivity index (χ4v) is 4.17. The summed E-state index contributed by atoms with van der Waals surface area (Å²) in [4.78, 5) is 15.2. The fraction of sp³-hybridized carbons (Fsp3) is 0.600. The molecule has 2 heterocycles. The van der Waals surface area contributed by atoms with Crippen molar-refractivity contribution in [3.8, 4) is 0 Å². The van der Waals surface area contributed by atoms with Gasteiger partial charge in [-0.3, -0.25) is 0 Å². The number of thiazole rings is 1. The van der Waals surface area contributed by atoms with Crippen LogP contribution >= 0.6 is 11.3 Å². The highest BCUT2D eigenvalue weighted by molar-refractivity contribution is 7.91. The zero-order valence-corrected chi connectivity index (χ0v) is 11.9. The molecule has 1 saturated heterocycles. The summed E-state index contributed by atoms with van der Waals surface area (Å²) in [5.41, 5.74) is 1.12. The molecular weight excluding hydrogens is 292 g/mol. The average Bonchev–Trinajstić information content (AvgIpc) is 2.88. The van der Waals surface area contributed by atoms with Crippen LogP contribution < -0.4 is 4.72 Å². The van der Waals surface area contributed by atoms with Crippen LogP contribution in [0.1, 0.15) is 23.3 Å². The molecular formula is C10H14N2O5S2. The van der Waals surface area contributed by atoms with Crippen LogP contribution in [-0.4, -0.2) is 45.7 Å². The molecule has 1 atom stereocenters. The molecule has 9 heteroatoms. The van der Waals surface area contributed by atoms with E-state index >= 15 is 0 Å². The van der Waals surface area contributed by atoms with Gasteiger partial charge < -0.3 is 9.47 Å². The second-order valence-electron chi connectivity index (χ2n) is 4.02. The molecule has 0 spiro atoms. The van der Waals surface area contributed by atoms with Crippen molar-refractivity contribution in [2.45, 2.75) is 23.1 Å². The van der Waals surface area contributed by atoms with E-state index in [1.807, 2.05) is 0 Å². The summed E-state index contributed by atoms with van der Waals surface area (Å²) in [6.45, 7) is 0.984. The van der Waals surface area contributed by atoms with Crippen molar-refractivity contribution >= 4 is 27.3 Å². The number of aromatic nitrogens is 1. The minimum Gasteiger partial charge on any atom is -0.464 e. The van der Waals surface area contributed by atoms with Crippen molar-refractivity contribution in [1.82, 2.24) is 9.71 Å². The van der Waals surface area contributed by atoms with E-state index in [4.69, 9.17) is 4.74 Å². The maximum Gasteiger partial charge on any atom is 0.358 e. The summed E-state index contributed by atoms with van der Waals surface area (Å²) in [6, 6.07) is -0.272. The number of hydrogen-bond donors (Lipinski definition) is 1. The van der Waals surface area contributed by atoms with Crippen LogP contribution in [0.2, 0.25) is 0 Å². The Morgan fingerprint density at radius 3 is 3.05 bits per heavy atom. The first-order valence-corrected chi connectivity index (χ1v) is 8.03. The zero-order chi connectivity index (χ0) is 13.9. The predicted molar refractivity (Wildman–Crippen MR) is 67.6 cm³/mol. The molecule has 0 aromatic carbocycles. The standard InChI is InChI=1S/C10H14N2O5S2/c1-16-9(13)8-10(18-6-11-8)19(14,15)12-7-3-2-4-17-5-7/h6-7,12H,2-5H2,1H3. The largest absolute Gasteiger partial charge is 0.464 e. The SMILES string of the molecule is COC(=O)c1ncsc1S(=O)(=O)NC1CCCOC1. The molecule has 19 heavy (non-hydrogen) atoms. The van der Waals surface area contributed by atoms with Gasteiger partial charge in [0.25, 0.3) is 10.0 Å². The molecule has 1 unspecified atom stereocenters. The van der Waals surface area contributed by atoms with Crippen LogP contribution in [-0.2, 0) is 19.5 Å². The molecule has 0 aliphatic carbocycles. The minimum atomic E-state index is -3.78. The van der Waals surface area contributed by atoms with E-state index in [-0.39, 0.29) is 15.9 Å². The van der Waals surface area contributed by atoms with Crippen molar-refractivity contribution in [3.63, 3.8) is 0 Å². The van der Waals surface area contributed by atoms with Crippen molar-refractivity contribution in [2.75, 3.05) is 20.3 Å². The van der Waals surface area contributed by atoms with E-state index < -0.39 is 16.0 Å². The molecule has 2 rings (SSSR count). The lowest BCUT2D eigenvalue weighted by molar-refractivity contribution is 0.0590. The van der Waals surface area contributed by atoms with E-state index in [1.54, 1.807) is 0 Å². The summed E-state index contributed by atoms with van der Waals surface area (Å²) in [5, 5.41) is 0. The highest BCUT2D eigenvalue weighted by Crippen LogP contribution is 2.21. The first-order valence-electron chi connectivity index (χ1n) is 5.66. The van der Waals surface area contributed by atoms with Gasteiger partial charge in [-0.15, -0.1) is 11.3 Å². The van der Waals surface area contributed by atoms with Gasteiger partial charge in [-0.25, -0.2) is 22.9 Å². The molecule has 1 fully saturated rings. The lowest BCUT2D eigenvalue weighted by Crippen LogP contribution is -2.40. The summed E-state index contributed by atoms with van der Waals surface area (Å²) in [5.74, 6) is -0.762. The second-order valence-corrected chi connectivity index (χ2v) is 6.78. The van der Waals surface area contributed by atoms with Crippen molar-refractivity contribution in [1.29, 1.82) is 0 Å². The Hall–Kier alpha value is -1.03. The first-order chi connectivity index (χ1) is 9.04. The van der Waals surface area contributed by atoms with Crippen LogP contribution in [0.4, 0.5) is 0 Å². The number of methoxy groups -OCH3 is 1. The highest BCUT2D eigenvalue weighted by atomic mass is 32.2. The Labute approximate surface area is 115 Å². The van der Waals surface area contributed by atoms with Crippen molar-refractivity contribution in [3.05, 3.63) is 11.2 Å². The van der Waals surface area contributed by atoms with E-state index in [0.717, 1.165) is 17.8 Å². The minimum absolute atomic E-state index is 0.120. The molecule has 1 aliphatic rings. The van der Waals surface area contributed by atoms with Gasteiger partial charge in [0.05, 0.1) is 19.2 Å². The molecule has 0 saturated carbocycles. The number of ether oxygens (including phenoxy) is 2. The normalized spacial score (nSPS) is 20.2. The molecule has 0 amide bonds. The summed E-state index contributed by atoms with van der Waals surface area (Å²) >= 11 is 0.886. The molecule has 1 aromatic heterocycles. The maximum absolute atomic E-state index is 12.2. The third kappa shape index (κ3) is 3.30. The van der Waals surface area contributed by atoms with Gasteiger partial charge in [0.2, 0.25) is 0 Å². The Bertz CT molecular complexity index is 548. The Kier molecular flexibility index (Phi) is 4.50. The van der Waals surface area contributed by atoms with Gasteiger partial charge in [0, 0.05) is 12.6 Å². The second kappa shape index (κ2) is 5.95. The number of carbonyl (C=O) groups excluding carboxylic acids is 1. The third-order valence-electron chi connectivity index (χ3n) is 2.64. The summed E-state index contributed by atoms with van der Waals surface area (Å²) in [6.07, 6.45) is 1.52. The van der Waals surface area contributed by atoms with Gasteiger partial charge in [0.15, 0.2) is 9.90 Å². The number of nitrogens with zero attached hydrogens (tertiary/aromatic N) is 1. The summed E-state index contributed by atoms with van der Waals surface area (Å²) in [7, 11) is -2.60. The monoisotopic (exact) mass is 306 g/mol. The lowest BCUT2D eigenvalue weighted by Gasteiger charge is -2.22. The van der Waals surface area contributed by atoms with Crippen LogP contribution in [0, 0.1) is 0 Å². The van der Waals surface area contributed by atoms with E-state index in [0.29, 0.717) is 19.6 Å². The Morgan fingerprint density at radius 2 is 2.42 bits per heavy atom. The number of rotatable bonds is 4. The van der Waals surface area contributed by atoms with Gasteiger partial charge in [-0.05, 0) is 12.8 Å². The molecule has 7 nitrogen and oxygen atoms in total. The Balaban J connectivity index is 2.19. The number of hydrogen-bond acceptors (Lipinski definition) is 7. The predicted octanol–water partition coefficient (Wildman–Crippen LogP) is 0.387. The number of nitrogens with one attached hydrogen (secondary N) is 1. The molecule has 0 bridgehead atoms. The van der Waals surface area contributed by atoms with Crippen LogP contribution in [0.5, 0.6) is 0 Å². The van der Waals surface area contributed by atoms with Crippen LogP contribution in [0.3, 0.4) is 0 Å². The lowest BCUT2D eigenvalue weighted by atomic mass is 10.1. The molecule has 0 radical (unpaired) electrons.